The topological polar surface area (TPSA) is 45.5 Å². The maximum atomic E-state index is 12.7. The number of aromatic nitrogens is 1. The number of fused-ring (bicyclic) bond motifs is 1. The normalized spacial score (nSPS) is 28.2. The Labute approximate surface area is 136 Å². The van der Waals surface area contributed by atoms with Crippen molar-refractivity contribution in [1.82, 2.24) is 15.0 Å². The van der Waals surface area contributed by atoms with Crippen LogP contribution in [0.3, 0.4) is 0 Å². The number of hydrogen-bond donors (Lipinski definition) is 2. The molecule has 2 aromatic heterocycles. The highest BCUT2D eigenvalue weighted by Crippen LogP contribution is 2.49. The molecular weight excluding hydrogens is 286 g/mol. The Kier molecular flexibility index (Phi) is 2.59. The lowest BCUT2D eigenvalue weighted by Crippen LogP contribution is -2.43. The molecule has 0 bridgehead atoms. The molecule has 3 heterocycles. The summed E-state index contributed by atoms with van der Waals surface area (Å²) in [6, 6.07) is 6.64. The molecule has 2 N–H and O–H groups in total. The highest BCUT2D eigenvalue weighted by Gasteiger charge is 2.57. The summed E-state index contributed by atoms with van der Waals surface area (Å²) in [5, 5.41) is 6.68. The van der Waals surface area contributed by atoms with Crippen LogP contribution >= 0.6 is 0 Å². The summed E-state index contributed by atoms with van der Waals surface area (Å²) in [5.41, 5.74) is 5.06. The molecule has 5 rings (SSSR count). The minimum atomic E-state index is -0.349. The number of pyridine rings is 1. The summed E-state index contributed by atoms with van der Waals surface area (Å²) in [6.07, 6.45) is 4.39. The van der Waals surface area contributed by atoms with Crippen molar-refractivity contribution >= 4 is 11.4 Å². The Morgan fingerprint density at radius 3 is 2.78 bits per heavy atom. The quantitative estimate of drug-likeness (QED) is 0.909. The van der Waals surface area contributed by atoms with E-state index < -0.39 is 0 Å². The predicted molar refractivity (Wildman–Crippen MR) is 89.3 cm³/mol. The average molecular weight is 309 g/mol. The Balaban J connectivity index is 1.46. The van der Waals surface area contributed by atoms with Crippen LogP contribution in [0.2, 0.25) is 0 Å². The van der Waals surface area contributed by atoms with Crippen LogP contribution < -0.4 is 10.6 Å². The second kappa shape index (κ2) is 4.38. The van der Waals surface area contributed by atoms with Gasteiger partial charge in [0.25, 0.3) is 0 Å². The Hall–Kier alpha value is -1.81. The van der Waals surface area contributed by atoms with Gasteiger partial charge in [0.05, 0.1) is 11.1 Å². The van der Waals surface area contributed by atoms with E-state index >= 15 is 0 Å². The monoisotopic (exact) mass is 309 g/mol. The fourth-order valence-electron chi connectivity index (χ4n) is 4.82. The minimum Gasteiger partial charge on any atom is -0.345 e. The second-order valence-corrected chi connectivity index (χ2v) is 7.93. The van der Waals surface area contributed by atoms with E-state index in [1.54, 1.807) is 0 Å². The van der Waals surface area contributed by atoms with Gasteiger partial charge in [0, 0.05) is 17.8 Å². The molecular formula is C19H23N3O. The molecule has 1 amide bonds. The number of nitrogens with one attached hydrogen (secondary N) is 2. The summed E-state index contributed by atoms with van der Waals surface area (Å²) in [5.74, 6) is 1.59. The van der Waals surface area contributed by atoms with Crippen molar-refractivity contribution in [2.45, 2.75) is 32.2 Å². The molecule has 23 heavy (non-hydrogen) atoms. The summed E-state index contributed by atoms with van der Waals surface area (Å²) >= 11 is 0. The lowest BCUT2D eigenvalue weighted by atomic mass is 9.99. The zero-order chi connectivity index (χ0) is 15.8. The molecule has 1 aliphatic heterocycles. The minimum absolute atomic E-state index is 0.227. The first-order valence-corrected chi connectivity index (χ1v) is 8.71. The van der Waals surface area contributed by atoms with Crippen LogP contribution in [0.1, 0.15) is 30.7 Å². The fraction of sp³-hybridized carbons (Fsp3) is 0.526. The maximum absolute atomic E-state index is 12.7. The molecule has 1 saturated carbocycles. The smallest absolute Gasteiger partial charge is 0.224 e. The zero-order valence-corrected chi connectivity index (χ0v) is 13.7. The number of aryl methyl sites for hydroxylation is 2. The summed E-state index contributed by atoms with van der Waals surface area (Å²) in [6.45, 7) is 6.26. The molecule has 0 radical (unpaired) electrons. The summed E-state index contributed by atoms with van der Waals surface area (Å²) < 4.78 is 2.28. The first-order chi connectivity index (χ1) is 11.1. The first kappa shape index (κ1) is 13.6. The molecule has 4 nitrogen and oxygen atoms in total. The highest BCUT2D eigenvalue weighted by molar-refractivity contribution is 5.83. The molecule has 2 fully saturated rings. The van der Waals surface area contributed by atoms with Gasteiger partial charge in [0.2, 0.25) is 5.91 Å². The Morgan fingerprint density at radius 1 is 1.26 bits per heavy atom. The molecule has 0 aromatic carbocycles. The number of nitrogens with zero attached hydrogens (tertiary/aromatic N) is 1. The van der Waals surface area contributed by atoms with E-state index in [2.05, 4.69) is 53.3 Å². The summed E-state index contributed by atoms with van der Waals surface area (Å²) in [7, 11) is 0. The number of piperidine rings is 1. The van der Waals surface area contributed by atoms with Crippen LogP contribution in [-0.2, 0) is 23.2 Å². The third-order valence-electron chi connectivity index (χ3n) is 6.09. The van der Waals surface area contributed by atoms with Crippen LogP contribution in [0, 0.1) is 17.8 Å². The molecule has 2 aliphatic carbocycles. The number of hydrogen-bond acceptors (Lipinski definition) is 2. The average Bonchev–Trinajstić information content (AvgIpc) is 2.95. The molecule has 3 atom stereocenters. The van der Waals surface area contributed by atoms with Gasteiger partial charge in [-0.05, 0) is 74.9 Å². The Bertz CT molecular complexity index is 809. The van der Waals surface area contributed by atoms with E-state index in [0.717, 1.165) is 25.9 Å². The van der Waals surface area contributed by atoms with Gasteiger partial charge < -0.3 is 15.0 Å². The first-order valence-electron chi connectivity index (χ1n) is 8.71. The molecule has 3 aliphatic rings. The van der Waals surface area contributed by atoms with Gasteiger partial charge in [-0.3, -0.25) is 4.79 Å². The zero-order valence-electron chi connectivity index (χ0n) is 13.7. The predicted octanol–water partition coefficient (Wildman–Crippen LogP) is 1.85. The van der Waals surface area contributed by atoms with Crippen molar-refractivity contribution in [3.8, 4) is 0 Å². The second-order valence-electron chi connectivity index (χ2n) is 7.93. The van der Waals surface area contributed by atoms with E-state index in [-0.39, 0.29) is 17.4 Å². The van der Waals surface area contributed by atoms with Gasteiger partial charge in [-0.2, -0.15) is 0 Å². The number of rotatable bonds is 3. The molecule has 4 heteroatoms. The highest BCUT2D eigenvalue weighted by atomic mass is 16.2. The van der Waals surface area contributed by atoms with Crippen molar-refractivity contribution < 1.29 is 4.79 Å². The van der Waals surface area contributed by atoms with Crippen LogP contribution in [0.15, 0.2) is 24.4 Å². The van der Waals surface area contributed by atoms with Crippen molar-refractivity contribution in [2.75, 3.05) is 13.1 Å². The standard InChI is InChI=1S/C19H23N3O/c1-19(2,21-18(23)16-13-9-20-10-14(13)16)15-8-12-6-5-11-4-3-7-22(15)17(11)12/h3-4,7-8,13-14,16,20H,5-6,9-10H2,1-2H3,(H,21,23)/t13-,14+,16?. The lowest BCUT2D eigenvalue weighted by molar-refractivity contribution is -0.124. The Morgan fingerprint density at radius 2 is 2.00 bits per heavy atom. The van der Waals surface area contributed by atoms with Crippen LogP contribution in [0.4, 0.5) is 0 Å². The third kappa shape index (κ3) is 1.84. The fourth-order valence-corrected chi connectivity index (χ4v) is 4.82. The summed E-state index contributed by atoms with van der Waals surface area (Å²) in [4.78, 5) is 12.7. The molecule has 120 valence electrons. The van der Waals surface area contributed by atoms with Crippen LogP contribution in [0.5, 0.6) is 0 Å². The third-order valence-corrected chi connectivity index (χ3v) is 6.09. The van der Waals surface area contributed by atoms with Gasteiger partial charge in [-0.1, -0.05) is 6.07 Å². The molecule has 1 unspecified atom stereocenters. The molecule has 2 aromatic rings. The molecule has 0 spiro atoms. The van der Waals surface area contributed by atoms with Crippen LogP contribution in [0.25, 0.3) is 5.52 Å². The van der Waals surface area contributed by atoms with Crippen molar-refractivity contribution in [1.29, 1.82) is 0 Å². The maximum Gasteiger partial charge on any atom is 0.224 e. The SMILES string of the molecule is CC(C)(NC(=O)C1[C@H]2CNC[C@@H]12)c1cc2c3c(cccn13)CC2. The number of carbonyl (C=O) groups excluding carboxylic acids is 1. The number of amides is 1. The van der Waals surface area contributed by atoms with E-state index in [4.69, 9.17) is 0 Å². The van der Waals surface area contributed by atoms with Gasteiger partial charge in [0.15, 0.2) is 0 Å². The van der Waals surface area contributed by atoms with E-state index in [0.29, 0.717) is 11.8 Å². The van der Waals surface area contributed by atoms with Crippen molar-refractivity contribution in [3.05, 3.63) is 41.2 Å². The van der Waals surface area contributed by atoms with Crippen LogP contribution in [-0.4, -0.2) is 23.4 Å². The van der Waals surface area contributed by atoms with Gasteiger partial charge >= 0.3 is 0 Å². The largest absolute Gasteiger partial charge is 0.345 e. The molecule has 1 saturated heterocycles. The van der Waals surface area contributed by atoms with Crippen molar-refractivity contribution in [2.24, 2.45) is 17.8 Å². The van der Waals surface area contributed by atoms with E-state index in [9.17, 15) is 4.79 Å². The van der Waals surface area contributed by atoms with E-state index in [1.165, 1.54) is 22.3 Å². The number of carbonyl (C=O) groups is 1. The van der Waals surface area contributed by atoms with Gasteiger partial charge in [-0.15, -0.1) is 0 Å². The lowest BCUT2D eigenvalue weighted by Gasteiger charge is -2.27. The van der Waals surface area contributed by atoms with E-state index in [1.807, 2.05) is 0 Å². The van der Waals surface area contributed by atoms with Gasteiger partial charge in [-0.25, -0.2) is 0 Å². The van der Waals surface area contributed by atoms with Gasteiger partial charge in [0.1, 0.15) is 0 Å². The van der Waals surface area contributed by atoms with Crippen molar-refractivity contribution in [3.63, 3.8) is 0 Å².